The number of aromatic nitrogens is 1. The molecule has 0 radical (unpaired) electrons. The largest absolute Gasteiger partial charge is 0.326 e. The molecule has 2 unspecified atom stereocenters. The SMILES string of the molecule is CCC(N)C(c1cccnc1)N(CC1CC1)CC1CC1. The molecule has 2 saturated carbocycles. The standard InChI is InChI=1S/C17H27N3/c1-2-16(18)17(15-4-3-9-19-10-15)20(11-13-5-6-13)12-14-7-8-14/h3-4,9-10,13-14,16-17H,2,5-8,11-12,18H2,1H3. The van der Waals surface area contributed by atoms with Crippen LogP contribution in [0.3, 0.4) is 0 Å². The second-order valence-electron chi connectivity index (χ2n) is 6.64. The number of nitrogens with two attached hydrogens (primary N) is 1. The van der Waals surface area contributed by atoms with Gasteiger partial charge in [-0.15, -0.1) is 0 Å². The lowest BCUT2D eigenvalue weighted by atomic mass is 9.97. The van der Waals surface area contributed by atoms with Crippen molar-refractivity contribution in [2.75, 3.05) is 13.1 Å². The highest BCUT2D eigenvalue weighted by Gasteiger charge is 2.35. The van der Waals surface area contributed by atoms with Crippen molar-refractivity contribution in [1.82, 2.24) is 9.88 Å². The predicted molar refractivity (Wildman–Crippen MR) is 82.3 cm³/mol. The molecule has 0 aliphatic heterocycles. The zero-order chi connectivity index (χ0) is 13.9. The third-order valence-corrected chi connectivity index (χ3v) is 4.68. The third-order valence-electron chi connectivity index (χ3n) is 4.68. The van der Waals surface area contributed by atoms with Gasteiger partial charge < -0.3 is 5.73 Å². The molecule has 1 aromatic rings. The molecule has 2 aliphatic rings. The lowest BCUT2D eigenvalue weighted by Crippen LogP contribution is -2.42. The summed E-state index contributed by atoms with van der Waals surface area (Å²) in [6.07, 6.45) is 10.5. The average Bonchev–Trinajstić information content (AvgIpc) is 3.36. The summed E-state index contributed by atoms with van der Waals surface area (Å²) in [4.78, 5) is 6.98. The van der Waals surface area contributed by atoms with Crippen molar-refractivity contribution in [3.8, 4) is 0 Å². The Labute approximate surface area is 122 Å². The van der Waals surface area contributed by atoms with Crippen LogP contribution < -0.4 is 5.73 Å². The van der Waals surface area contributed by atoms with E-state index in [0.29, 0.717) is 6.04 Å². The first-order valence-corrected chi connectivity index (χ1v) is 8.17. The topological polar surface area (TPSA) is 42.1 Å². The van der Waals surface area contributed by atoms with Gasteiger partial charge in [-0.05, 0) is 55.6 Å². The minimum absolute atomic E-state index is 0.205. The van der Waals surface area contributed by atoms with Gasteiger partial charge in [0.15, 0.2) is 0 Å². The minimum Gasteiger partial charge on any atom is -0.326 e. The second kappa shape index (κ2) is 6.23. The molecule has 1 aromatic heterocycles. The van der Waals surface area contributed by atoms with Crippen molar-refractivity contribution in [3.63, 3.8) is 0 Å². The Morgan fingerprint density at radius 2 is 1.90 bits per heavy atom. The van der Waals surface area contributed by atoms with Gasteiger partial charge in [0, 0.05) is 31.5 Å². The quantitative estimate of drug-likeness (QED) is 0.792. The van der Waals surface area contributed by atoms with Crippen LogP contribution in [0.15, 0.2) is 24.5 Å². The molecule has 0 bridgehead atoms. The van der Waals surface area contributed by atoms with Crippen molar-refractivity contribution in [3.05, 3.63) is 30.1 Å². The summed E-state index contributed by atoms with van der Waals surface area (Å²) < 4.78 is 0. The Kier molecular flexibility index (Phi) is 4.37. The first kappa shape index (κ1) is 14.0. The van der Waals surface area contributed by atoms with E-state index in [1.807, 2.05) is 18.5 Å². The lowest BCUT2D eigenvalue weighted by molar-refractivity contribution is 0.154. The first-order chi connectivity index (χ1) is 9.78. The maximum absolute atomic E-state index is 6.47. The molecule has 2 N–H and O–H groups in total. The van der Waals surface area contributed by atoms with Gasteiger partial charge in [-0.2, -0.15) is 0 Å². The molecular formula is C17H27N3. The van der Waals surface area contributed by atoms with Crippen LogP contribution in [0, 0.1) is 11.8 Å². The Bertz CT molecular complexity index is 398. The maximum atomic E-state index is 6.47. The second-order valence-corrected chi connectivity index (χ2v) is 6.64. The van der Waals surface area contributed by atoms with Crippen LogP contribution in [0.2, 0.25) is 0 Å². The van der Waals surface area contributed by atoms with Gasteiger partial charge in [0.1, 0.15) is 0 Å². The Morgan fingerprint density at radius 1 is 1.25 bits per heavy atom. The number of hydrogen-bond donors (Lipinski definition) is 1. The summed E-state index contributed by atoms with van der Waals surface area (Å²) in [5.41, 5.74) is 7.77. The van der Waals surface area contributed by atoms with E-state index < -0.39 is 0 Å². The number of nitrogens with zero attached hydrogens (tertiary/aromatic N) is 2. The van der Waals surface area contributed by atoms with Crippen LogP contribution in [0.1, 0.15) is 50.6 Å². The number of rotatable bonds is 8. The molecule has 3 nitrogen and oxygen atoms in total. The highest BCUT2D eigenvalue weighted by Crippen LogP contribution is 2.38. The Balaban J connectivity index is 1.79. The molecule has 1 heterocycles. The van der Waals surface area contributed by atoms with E-state index in [9.17, 15) is 0 Å². The van der Waals surface area contributed by atoms with Crippen LogP contribution >= 0.6 is 0 Å². The highest BCUT2D eigenvalue weighted by atomic mass is 15.2. The fourth-order valence-electron chi connectivity index (χ4n) is 3.07. The van der Waals surface area contributed by atoms with Crippen molar-refractivity contribution < 1.29 is 0 Å². The normalized spacial score (nSPS) is 21.9. The average molecular weight is 273 g/mol. The van der Waals surface area contributed by atoms with Crippen LogP contribution in [-0.2, 0) is 0 Å². The molecule has 3 heteroatoms. The van der Waals surface area contributed by atoms with Crippen LogP contribution in [0.25, 0.3) is 0 Å². The monoisotopic (exact) mass is 273 g/mol. The molecule has 0 amide bonds. The van der Waals surface area contributed by atoms with E-state index in [4.69, 9.17) is 5.73 Å². The van der Waals surface area contributed by atoms with Gasteiger partial charge in [-0.3, -0.25) is 9.88 Å². The van der Waals surface area contributed by atoms with Gasteiger partial charge >= 0.3 is 0 Å². The van der Waals surface area contributed by atoms with Gasteiger partial charge in [-0.25, -0.2) is 0 Å². The Hall–Kier alpha value is -0.930. The van der Waals surface area contributed by atoms with Gasteiger partial charge in [0.2, 0.25) is 0 Å². The van der Waals surface area contributed by atoms with Crippen LogP contribution in [0.4, 0.5) is 0 Å². The van der Waals surface area contributed by atoms with Gasteiger partial charge in [0.05, 0.1) is 6.04 Å². The summed E-state index contributed by atoms with van der Waals surface area (Å²) in [5.74, 6) is 1.83. The zero-order valence-corrected chi connectivity index (χ0v) is 12.5. The lowest BCUT2D eigenvalue weighted by Gasteiger charge is -2.36. The molecular weight excluding hydrogens is 246 g/mol. The summed E-state index contributed by atoms with van der Waals surface area (Å²) >= 11 is 0. The molecule has 2 aliphatic carbocycles. The number of hydrogen-bond acceptors (Lipinski definition) is 3. The predicted octanol–water partition coefficient (Wildman–Crippen LogP) is 2.98. The summed E-state index contributed by atoms with van der Waals surface area (Å²) in [7, 11) is 0. The molecule has 20 heavy (non-hydrogen) atoms. The first-order valence-electron chi connectivity index (χ1n) is 8.17. The molecule has 110 valence electrons. The molecule has 3 rings (SSSR count). The molecule has 0 spiro atoms. The van der Waals surface area contributed by atoms with E-state index in [1.165, 1.54) is 44.3 Å². The number of pyridine rings is 1. The van der Waals surface area contributed by atoms with Crippen LogP contribution in [0.5, 0.6) is 0 Å². The maximum Gasteiger partial charge on any atom is 0.0514 e. The van der Waals surface area contributed by atoms with Gasteiger partial charge in [0.25, 0.3) is 0 Å². The fraction of sp³-hybridized carbons (Fsp3) is 0.706. The fourth-order valence-corrected chi connectivity index (χ4v) is 3.07. The molecule has 2 atom stereocenters. The van der Waals surface area contributed by atoms with E-state index >= 15 is 0 Å². The van der Waals surface area contributed by atoms with Gasteiger partial charge in [-0.1, -0.05) is 13.0 Å². The minimum atomic E-state index is 0.205. The van der Waals surface area contributed by atoms with Crippen LogP contribution in [-0.4, -0.2) is 29.0 Å². The van der Waals surface area contributed by atoms with E-state index in [0.717, 1.165) is 18.3 Å². The summed E-state index contributed by atoms with van der Waals surface area (Å²) in [5, 5.41) is 0. The van der Waals surface area contributed by atoms with Crippen molar-refractivity contribution in [1.29, 1.82) is 0 Å². The van der Waals surface area contributed by atoms with E-state index in [-0.39, 0.29) is 6.04 Å². The highest BCUT2D eigenvalue weighted by molar-refractivity contribution is 5.17. The van der Waals surface area contributed by atoms with Crippen molar-refractivity contribution in [2.45, 2.75) is 51.1 Å². The zero-order valence-electron chi connectivity index (χ0n) is 12.5. The smallest absolute Gasteiger partial charge is 0.0514 e. The Morgan fingerprint density at radius 3 is 2.35 bits per heavy atom. The van der Waals surface area contributed by atoms with E-state index in [1.54, 1.807) is 0 Å². The third kappa shape index (κ3) is 3.58. The molecule has 0 aromatic carbocycles. The van der Waals surface area contributed by atoms with Crippen molar-refractivity contribution >= 4 is 0 Å². The van der Waals surface area contributed by atoms with E-state index in [2.05, 4.69) is 22.9 Å². The molecule has 2 fully saturated rings. The summed E-state index contributed by atoms with van der Waals surface area (Å²) in [6, 6.07) is 4.78. The molecule has 0 saturated heterocycles. The summed E-state index contributed by atoms with van der Waals surface area (Å²) in [6.45, 7) is 4.65. The van der Waals surface area contributed by atoms with Crippen molar-refractivity contribution in [2.24, 2.45) is 17.6 Å².